The topological polar surface area (TPSA) is 34.2 Å². The first-order valence-electron chi connectivity index (χ1n) is 6.49. The molecule has 0 spiro atoms. The van der Waals surface area contributed by atoms with E-state index in [2.05, 4.69) is 37.1 Å². The van der Waals surface area contributed by atoms with Crippen LogP contribution in [0, 0.1) is 5.92 Å². The Labute approximate surface area is 105 Å². The fraction of sp³-hybridized carbons (Fsp3) is 0.643. The van der Waals surface area contributed by atoms with Crippen LogP contribution in [0.1, 0.15) is 45.2 Å². The van der Waals surface area contributed by atoms with Gasteiger partial charge in [0.15, 0.2) is 0 Å². The van der Waals surface area contributed by atoms with Crippen molar-refractivity contribution in [1.29, 1.82) is 0 Å². The summed E-state index contributed by atoms with van der Waals surface area (Å²) in [7, 11) is 1.68. The predicted molar refractivity (Wildman–Crippen MR) is 71.3 cm³/mol. The molecule has 0 radical (unpaired) electrons. The van der Waals surface area contributed by atoms with E-state index in [9.17, 15) is 0 Å². The minimum atomic E-state index is 0.373. The maximum Gasteiger partial charge on any atom is 0.137 e. The van der Waals surface area contributed by atoms with Crippen molar-refractivity contribution >= 4 is 0 Å². The zero-order valence-corrected chi connectivity index (χ0v) is 11.4. The lowest BCUT2D eigenvalue weighted by Crippen LogP contribution is -2.27. The smallest absolute Gasteiger partial charge is 0.137 e. The first-order chi connectivity index (χ1) is 8.26. The van der Waals surface area contributed by atoms with Gasteiger partial charge in [-0.05, 0) is 24.1 Å². The van der Waals surface area contributed by atoms with Gasteiger partial charge in [0.05, 0.1) is 13.3 Å². The number of hydrogen-bond donors (Lipinski definition) is 1. The van der Waals surface area contributed by atoms with Gasteiger partial charge in [-0.1, -0.05) is 33.6 Å². The van der Waals surface area contributed by atoms with E-state index in [4.69, 9.17) is 4.74 Å². The number of aromatic nitrogens is 1. The van der Waals surface area contributed by atoms with Gasteiger partial charge in [-0.15, -0.1) is 0 Å². The Morgan fingerprint density at radius 3 is 2.47 bits per heavy atom. The van der Waals surface area contributed by atoms with Gasteiger partial charge < -0.3 is 10.1 Å². The number of hydrogen-bond acceptors (Lipinski definition) is 3. The number of nitrogens with one attached hydrogen (secondary N) is 1. The minimum absolute atomic E-state index is 0.373. The van der Waals surface area contributed by atoms with Crippen LogP contribution in [0.15, 0.2) is 18.5 Å². The molecule has 3 heteroatoms. The highest BCUT2D eigenvalue weighted by atomic mass is 16.5. The Kier molecular flexibility index (Phi) is 5.98. The highest BCUT2D eigenvalue weighted by molar-refractivity contribution is 5.26. The average molecular weight is 236 g/mol. The van der Waals surface area contributed by atoms with Gasteiger partial charge in [0.1, 0.15) is 5.75 Å². The first-order valence-corrected chi connectivity index (χ1v) is 6.49. The Hall–Kier alpha value is -1.09. The molecule has 1 rings (SSSR count). The Balaban J connectivity index is 2.94. The molecule has 0 aliphatic carbocycles. The van der Waals surface area contributed by atoms with Crippen molar-refractivity contribution < 1.29 is 4.74 Å². The Morgan fingerprint density at radius 2 is 1.94 bits per heavy atom. The van der Waals surface area contributed by atoms with Gasteiger partial charge in [0.2, 0.25) is 0 Å². The van der Waals surface area contributed by atoms with Crippen molar-refractivity contribution in [1.82, 2.24) is 10.3 Å². The zero-order valence-electron chi connectivity index (χ0n) is 11.4. The summed E-state index contributed by atoms with van der Waals surface area (Å²) in [5.41, 5.74) is 1.22. The maximum atomic E-state index is 5.24. The second-order valence-corrected chi connectivity index (χ2v) is 4.27. The highest BCUT2D eigenvalue weighted by Crippen LogP contribution is 2.28. The Bertz CT molecular complexity index is 324. The molecular weight excluding hydrogens is 212 g/mol. The van der Waals surface area contributed by atoms with E-state index in [1.807, 2.05) is 6.20 Å². The predicted octanol–water partition coefficient (Wildman–Crippen LogP) is 3.18. The Morgan fingerprint density at radius 1 is 1.24 bits per heavy atom. The molecule has 0 aliphatic heterocycles. The van der Waals surface area contributed by atoms with E-state index in [1.54, 1.807) is 13.3 Å². The number of nitrogens with zero attached hydrogens (tertiary/aromatic N) is 1. The normalized spacial score (nSPS) is 12.8. The second-order valence-electron chi connectivity index (χ2n) is 4.27. The third-order valence-electron chi connectivity index (χ3n) is 3.27. The molecule has 0 aliphatic rings. The number of ether oxygens (including phenoxy) is 1. The molecule has 3 nitrogen and oxygen atoms in total. The number of rotatable bonds is 7. The molecule has 0 fully saturated rings. The van der Waals surface area contributed by atoms with E-state index in [0.29, 0.717) is 12.0 Å². The summed E-state index contributed by atoms with van der Waals surface area (Å²) in [6.45, 7) is 7.60. The molecule has 1 atom stereocenters. The molecule has 1 N–H and O–H groups in total. The summed E-state index contributed by atoms with van der Waals surface area (Å²) in [5, 5.41) is 3.56. The van der Waals surface area contributed by atoms with Crippen LogP contribution >= 0.6 is 0 Å². The van der Waals surface area contributed by atoms with E-state index < -0.39 is 0 Å². The fourth-order valence-electron chi connectivity index (χ4n) is 2.25. The molecule has 1 heterocycles. The molecule has 0 amide bonds. The number of pyridine rings is 1. The summed E-state index contributed by atoms with van der Waals surface area (Å²) >= 11 is 0. The van der Waals surface area contributed by atoms with Crippen molar-refractivity contribution in [3.8, 4) is 5.75 Å². The molecule has 0 saturated carbocycles. The maximum absolute atomic E-state index is 5.24. The van der Waals surface area contributed by atoms with Crippen molar-refractivity contribution in [2.45, 2.75) is 39.7 Å². The van der Waals surface area contributed by atoms with Gasteiger partial charge in [-0.3, -0.25) is 4.98 Å². The van der Waals surface area contributed by atoms with Crippen molar-refractivity contribution in [3.05, 3.63) is 24.0 Å². The van der Waals surface area contributed by atoms with Crippen LogP contribution in [-0.2, 0) is 0 Å². The molecule has 1 unspecified atom stereocenters. The molecule has 0 saturated heterocycles. The molecule has 0 aromatic carbocycles. The van der Waals surface area contributed by atoms with Gasteiger partial charge in [0.25, 0.3) is 0 Å². The monoisotopic (exact) mass is 236 g/mol. The summed E-state index contributed by atoms with van der Waals surface area (Å²) in [5.74, 6) is 1.47. The fourth-order valence-corrected chi connectivity index (χ4v) is 2.25. The van der Waals surface area contributed by atoms with E-state index in [-0.39, 0.29) is 0 Å². The molecule has 1 aromatic rings. The molecule has 1 aromatic heterocycles. The summed E-state index contributed by atoms with van der Waals surface area (Å²) in [6.07, 6.45) is 6.03. The van der Waals surface area contributed by atoms with E-state index in [0.717, 1.165) is 12.3 Å². The van der Waals surface area contributed by atoms with Gasteiger partial charge in [0, 0.05) is 12.2 Å². The van der Waals surface area contributed by atoms with Crippen LogP contribution in [-0.4, -0.2) is 18.6 Å². The lowest BCUT2D eigenvalue weighted by Gasteiger charge is -2.26. The van der Waals surface area contributed by atoms with Crippen molar-refractivity contribution in [3.63, 3.8) is 0 Å². The van der Waals surface area contributed by atoms with Crippen LogP contribution < -0.4 is 10.1 Å². The minimum Gasteiger partial charge on any atom is -0.495 e. The standard InChI is InChI=1S/C14H24N2O/c1-5-11(6-2)14(16-7-3)12-8-13(17-4)10-15-9-12/h8-11,14,16H,5-7H2,1-4H3. The van der Waals surface area contributed by atoms with Gasteiger partial charge in [-0.25, -0.2) is 0 Å². The SMILES string of the molecule is CCNC(c1cncc(OC)c1)C(CC)CC. The van der Waals surface area contributed by atoms with Crippen molar-refractivity contribution in [2.75, 3.05) is 13.7 Å². The second kappa shape index (κ2) is 7.28. The molecule has 17 heavy (non-hydrogen) atoms. The largest absolute Gasteiger partial charge is 0.495 e. The van der Waals surface area contributed by atoms with Gasteiger partial charge in [-0.2, -0.15) is 0 Å². The van der Waals surface area contributed by atoms with E-state index >= 15 is 0 Å². The summed E-state index contributed by atoms with van der Waals surface area (Å²) < 4.78 is 5.24. The van der Waals surface area contributed by atoms with Crippen LogP contribution in [0.2, 0.25) is 0 Å². The van der Waals surface area contributed by atoms with E-state index in [1.165, 1.54) is 18.4 Å². The third kappa shape index (κ3) is 3.70. The lowest BCUT2D eigenvalue weighted by molar-refractivity contribution is 0.343. The molecule has 96 valence electrons. The average Bonchev–Trinajstić information content (AvgIpc) is 2.39. The van der Waals surface area contributed by atoms with Gasteiger partial charge >= 0.3 is 0 Å². The van der Waals surface area contributed by atoms with Crippen LogP contribution in [0.4, 0.5) is 0 Å². The summed E-state index contributed by atoms with van der Waals surface area (Å²) in [4.78, 5) is 4.24. The first kappa shape index (κ1) is 14.0. The van der Waals surface area contributed by atoms with Crippen LogP contribution in [0.25, 0.3) is 0 Å². The van der Waals surface area contributed by atoms with Crippen molar-refractivity contribution in [2.24, 2.45) is 5.92 Å². The summed E-state index contributed by atoms with van der Waals surface area (Å²) in [6, 6.07) is 2.45. The third-order valence-corrected chi connectivity index (χ3v) is 3.27. The van der Waals surface area contributed by atoms with Crippen LogP contribution in [0.5, 0.6) is 5.75 Å². The molecule has 0 bridgehead atoms. The van der Waals surface area contributed by atoms with Crippen LogP contribution in [0.3, 0.4) is 0 Å². The highest BCUT2D eigenvalue weighted by Gasteiger charge is 2.20. The zero-order chi connectivity index (χ0) is 12.7. The lowest BCUT2D eigenvalue weighted by atomic mass is 9.89. The quantitative estimate of drug-likeness (QED) is 0.789. The molecular formula is C14H24N2O. The number of methoxy groups -OCH3 is 1.